The molecule has 0 bridgehead atoms. The number of aliphatic imine (C=N–C) groups is 1. The van der Waals surface area contributed by atoms with Gasteiger partial charge in [-0.05, 0) is 45.4 Å². The number of rotatable bonds is 17. The zero-order valence-corrected chi connectivity index (χ0v) is 22.5. The van der Waals surface area contributed by atoms with Gasteiger partial charge in [0.05, 0.1) is 11.4 Å². The minimum Gasteiger partial charge on any atom is -0.382 e. The van der Waals surface area contributed by atoms with Crippen LogP contribution in [-0.4, -0.2) is 49.0 Å². The van der Waals surface area contributed by atoms with Crippen molar-refractivity contribution in [3.63, 3.8) is 0 Å². The summed E-state index contributed by atoms with van der Waals surface area (Å²) in [7, 11) is 3.93. The van der Waals surface area contributed by atoms with E-state index in [1.54, 1.807) is 0 Å². The van der Waals surface area contributed by atoms with Gasteiger partial charge in [-0.3, -0.25) is 5.01 Å². The van der Waals surface area contributed by atoms with Gasteiger partial charge >= 0.3 is 0 Å². The van der Waals surface area contributed by atoms with Crippen LogP contribution in [0.4, 0.5) is 0 Å². The summed E-state index contributed by atoms with van der Waals surface area (Å²) in [6.45, 7) is 30.0. The number of hydrogen-bond acceptors (Lipinski definition) is 5. The lowest BCUT2D eigenvalue weighted by atomic mass is 9.88. The van der Waals surface area contributed by atoms with Crippen LogP contribution in [0.15, 0.2) is 65.7 Å². The van der Waals surface area contributed by atoms with Crippen molar-refractivity contribution < 1.29 is 0 Å². The van der Waals surface area contributed by atoms with Crippen molar-refractivity contribution in [2.75, 3.05) is 20.6 Å². The molecule has 6 nitrogen and oxygen atoms in total. The number of allylic oxidation sites excluding steroid dienone is 2. The number of hydrazine groups is 1. The highest BCUT2D eigenvalue weighted by molar-refractivity contribution is 5.58. The van der Waals surface area contributed by atoms with Gasteiger partial charge in [-0.2, -0.15) is 0 Å². The van der Waals surface area contributed by atoms with Crippen molar-refractivity contribution in [1.29, 1.82) is 0 Å². The van der Waals surface area contributed by atoms with Crippen LogP contribution in [0.3, 0.4) is 0 Å². The Kier molecular flexibility index (Phi) is 14.4. The first-order valence-corrected chi connectivity index (χ1v) is 12.0. The normalized spacial score (nSPS) is 14.7. The van der Waals surface area contributed by atoms with Gasteiger partial charge in [0.1, 0.15) is 6.34 Å². The Hall–Kier alpha value is -2.31. The summed E-state index contributed by atoms with van der Waals surface area (Å²) in [5.41, 5.74) is 13.5. The van der Waals surface area contributed by atoms with E-state index in [1.807, 2.05) is 31.5 Å². The predicted octanol–water partition coefficient (Wildman–Crippen LogP) is 5.17. The van der Waals surface area contributed by atoms with Gasteiger partial charge in [-0.25, -0.2) is 10.4 Å². The van der Waals surface area contributed by atoms with E-state index in [0.29, 0.717) is 30.1 Å². The molecule has 4 atom stereocenters. The number of nitrogens with one attached hydrogen (secondary N) is 2. The molecular weight excluding hydrogens is 408 g/mol. The fraction of sp³-hybridized carbons (Fsp3) is 0.593. The topological polar surface area (TPSA) is 68.9 Å². The highest BCUT2D eigenvalue weighted by Gasteiger charge is 2.22. The molecule has 0 heterocycles. The molecule has 4 unspecified atom stereocenters. The smallest absolute Gasteiger partial charge is 0.106 e. The lowest BCUT2D eigenvalue weighted by Gasteiger charge is -2.33. The summed E-state index contributed by atoms with van der Waals surface area (Å²) in [5, 5.41) is 5.36. The van der Waals surface area contributed by atoms with Crippen LogP contribution in [0.2, 0.25) is 0 Å². The molecule has 4 N–H and O–H groups in total. The average Bonchev–Trinajstić information content (AvgIpc) is 2.80. The number of hydrogen-bond donors (Lipinski definition) is 3. The van der Waals surface area contributed by atoms with Crippen LogP contribution < -0.4 is 16.5 Å². The van der Waals surface area contributed by atoms with Crippen molar-refractivity contribution in [2.45, 2.75) is 72.9 Å². The van der Waals surface area contributed by atoms with E-state index in [1.165, 1.54) is 11.3 Å². The lowest BCUT2D eigenvalue weighted by molar-refractivity contribution is 0.170. The summed E-state index contributed by atoms with van der Waals surface area (Å²) in [4.78, 5) is 6.72. The van der Waals surface area contributed by atoms with Gasteiger partial charge in [0, 0.05) is 44.1 Å². The van der Waals surface area contributed by atoms with Crippen LogP contribution in [0.5, 0.6) is 0 Å². The van der Waals surface area contributed by atoms with Crippen molar-refractivity contribution in [2.24, 2.45) is 22.6 Å². The molecule has 33 heavy (non-hydrogen) atoms. The molecule has 0 aromatic carbocycles. The van der Waals surface area contributed by atoms with E-state index in [4.69, 9.17) is 5.73 Å². The van der Waals surface area contributed by atoms with E-state index < -0.39 is 0 Å². The van der Waals surface area contributed by atoms with E-state index in [2.05, 4.69) is 88.5 Å². The minimum atomic E-state index is 0.108. The molecule has 0 fully saturated rings. The molecule has 0 spiro atoms. The van der Waals surface area contributed by atoms with Gasteiger partial charge in [0.15, 0.2) is 0 Å². The maximum absolute atomic E-state index is 5.66. The number of likely N-dealkylation sites (N-methyl/N-ethyl adjacent to an activating group) is 1. The number of nitrogens with zero attached hydrogens (tertiary/aromatic N) is 3. The zero-order valence-electron chi connectivity index (χ0n) is 22.5. The highest BCUT2D eigenvalue weighted by atomic mass is 15.5. The maximum atomic E-state index is 5.66. The first kappa shape index (κ1) is 30.7. The van der Waals surface area contributed by atoms with E-state index in [9.17, 15) is 0 Å². The summed E-state index contributed by atoms with van der Waals surface area (Å²) < 4.78 is 0. The molecule has 188 valence electrons. The molecule has 0 rings (SSSR count). The Morgan fingerprint density at radius 3 is 2.21 bits per heavy atom. The Balaban J connectivity index is 5.30. The Morgan fingerprint density at radius 2 is 1.76 bits per heavy atom. The molecule has 0 aliphatic carbocycles. The third-order valence-electron chi connectivity index (χ3n) is 6.67. The molecule has 0 saturated heterocycles. The fourth-order valence-electron chi connectivity index (χ4n) is 3.65. The third-order valence-corrected chi connectivity index (χ3v) is 6.67. The molecule has 0 radical (unpaired) electrons. The summed E-state index contributed by atoms with van der Waals surface area (Å²) in [6.07, 6.45) is 6.60. The largest absolute Gasteiger partial charge is 0.382 e. The maximum Gasteiger partial charge on any atom is 0.106 e. The summed E-state index contributed by atoms with van der Waals surface area (Å²) in [5.74, 6) is 1.15. The Morgan fingerprint density at radius 1 is 1.15 bits per heavy atom. The van der Waals surface area contributed by atoms with Crippen molar-refractivity contribution >= 4 is 6.34 Å². The van der Waals surface area contributed by atoms with Gasteiger partial charge in [0.2, 0.25) is 0 Å². The standard InChI is InChI=1S/C27H50N6/c1-13-20(5)22(7)24(9)33(29-11)18-30-23(8)25(10)32(12)27(19(3)4)16-15-26(14-2)31-21(6)17-28/h14,18,20,22,24,26,29,31H,2,6,8,10,13,15-17,28H2,1,3-5,7,9,11-12H3. The van der Waals surface area contributed by atoms with Crippen molar-refractivity contribution in [3.05, 3.63) is 60.8 Å². The van der Waals surface area contributed by atoms with Crippen LogP contribution in [0.1, 0.15) is 60.8 Å². The molecule has 0 amide bonds. The summed E-state index contributed by atoms with van der Waals surface area (Å²) >= 11 is 0. The number of nitrogens with two attached hydrogens (primary N) is 1. The fourth-order valence-corrected chi connectivity index (χ4v) is 3.65. The second kappa shape index (κ2) is 15.5. The SMILES string of the molecule is C=CC(CCC(=C(C)C)N(C)C(=C)C(=C)N=CN(NC)C(C)C(C)C(C)CC)NC(=C)CN. The molecular formula is C27H50N6. The third kappa shape index (κ3) is 10.0. The second-order valence-electron chi connectivity index (χ2n) is 9.09. The average molecular weight is 459 g/mol. The van der Waals surface area contributed by atoms with Gasteiger partial charge < -0.3 is 16.0 Å². The van der Waals surface area contributed by atoms with Gasteiger partial charge in [-0.15, -0.1) is 6.58 Å². The van der Waals surface area contributed by atoms with Crippen LogP contribution in [0.25, 0.3) is 0 Å². The quantitative estimate of drug-likeness (QED) is 0.0922. The molecule has 0 aromatic heterocycles. The molecule has 0 aromatic rings. The Bertz CT molecular complexity index is 716. The minimum absolute atomic E-state index is 0.108. The van der Waals surface area contributed by atoms with Gasteiger partial charge in [-0.1, -0.05) is 58.6 Å². The highest BCUT2D eigenvalue weighted by Crippen LogP contribution is 2.24. The van der Waals surface area contributed by atoms with E-state index >= 15 is 0 Å². The second-order valence-corrected chi connectivity index (χ2v) is 9.09. The van der Waals surface area contributed by atoms with E-state index in [0.717, 1.165) is 30.7 Å². The van der Waals surface area contributed by atoms with Gasteiger partial charge in [0.25, 0.3) is 0 Å². The first-order valence-electron chi connectivity index (χ1n) is 12.0. The Labute approximate surface area is 204 Å². The van der Waals surface area contributed by atoms with E-state index in [-0.39, 0.29) is 6.04 Å². The van der Waals surface area contributed by atoms with Crippen LogP contribution in [0, 0.1) is 11.8 Å². The molecule has 0 aliphatic rings. The zero-order chi connectivity index (χ0) is 25.7. The lowest BCUT2D eigenvalue weighted by Crippen LogP contribution is -2.45. The molecule has 6 heteroatoms. The van der Waals surface area contributed by atoms with Crippen molar-refractivity contribution in [3.8, 4) is 0 Å². The van der Waals surface area contributed by atoms with Crippen LogP contribution in [-0.2, 0) is 0 Å². The molecule has 0 aliphatic heterocycles. The van der Waals surface area contributed by atoms with Crippen molar-refractivity contribution in [1.82, 2.24) is 20.7 Å². The predicted molar refractivity (Wildman–Crippen MR) is 146 cm³/mol. The monoisotopic (exact) mass is 458 g/mol. The molecule has 0 saturated carbocycles. The van der Waals surface area contributed by atoms with Crippen LogP contribution >= 0.6 is 0 Å². The summed E-state index contributed by atoms with van der Waals surface area (Å²) in [6, 6.07) is 0.406. The first-order chi connectivity index (χ1) is 15.4.